The molecule has 10 heteroatoms. The SMILES string of the molecule is CC[C@H](C)NC(=O)[C@H](C)N(Cc1ccc(F)cc1)C(=O)CN(c1ccc(Cl)cc1)S(=O)(=O)c1ccccc1. The molecular weight excluding hydrogens is 529 g/mol. The Balaban J connectivity index is 2.00. The summed E-state index contributed by atoms with van der Waals surface area (Å²) in [6.07, 6.45) is 0.698. The van der Waals surface area contributed by atoms with Crippen molar-refractivity contribution in [2.75, 3.05) is 10.8 Å². The molecule has 202 valence electrons. The van der Waals surface area contributed by atoms with Gasteiger partial charge in [0.25, 0.3) is 10.0 Å². The summed E-state index contributed by atoms with van der Waals surface area (Å²) in [7, 11) is -4.15. The molecule has 2 atom stereocenters. The monoisotopic (exact) mass is 559 g/mol. The molecule has 0 bridgehead atoms. The highest BCUT2D eigenvalue weighted by atomic mass is 35.5. The quantitative estimate of drug-likeness (QED) is 0.358. The van der Waals surface area contributed by atoms with E-state index in [0.29, 0.717) is 17.0 Å². The fraction of sp³-hybridized carbons (Fsp3) is 0.286. The maximum Gasteiger partial charge on any atom is 0.264 e. The van der Waals surface area contributed by atoms with Crippen molar-refractivity contribution in [1.82, 2.24) is 10.2 Å². The minimum absolute atomic E-state index is 0.00963. The molecule has 1 N–H and O–H groups in total. The number of hydrogen-bond donors (Lipinski definition) is 1. The summed E-state index contributed by atoms with van der Waals surface area (Å²) in [5, 5.41) is 3.28. The van der Waals surface area contributed by atoms with E-state index in [1.807, 2.05) is 13.8 Å². The maximum absolute atomic E-state index is 13.8. The van der Waals surface area contributed by atoms with Crippen LogP contribution in [0.15, 0.2) is 83.8 Å². The lowest BCUT2D eigenvalue weighted by Gasteiger charge is -2.32. The molecule has 7 nitrogen and oxygen atoms in total. The highest BCUT2D eigenvalue weighted by Gasteiger charge is 2.32. The van der Waals surface area contributed by atoms with Crippen molar-refractivity contribution in [3.63, 3.8) is 0 Å². The van der Waals surface area contributed by atoms with Gasteiger partial charge in [-0.1, -0.05) is 48.9 Å². The third kappa shape index (κ3) is 7.33. The number of anilines is 1. The van der Waals surface area contributed by atoms with E-state index in [9.17, 15) is 22.4 Å². The molecule has 38 heavy (non-hydrogen) atoms. The van der Waals surface area contributed by atoms with Gasteiger partial charge in [-0.3, -0.25) is 13.9 Å². The van der Waals surface area contributed by atoms with Crippen LogP contribution >= 0.6 is 11.6 Å². The van der Waals surface area contributed by atoms with E-state index in [-0.39, 0.29) is 29.1 Å². The summed E-state index contributed by atoms with van der Waals surface area (Å²) in [5.41, 5.74) is 0.831. The molecule has 0 aliphatic heterocycles. The first-order chi connectivity index (χ1) is 18.0. The van der Waals surface area contributed by atoms with E-state index >= 15 is 0 Å². The Bertz CT molecular complexity index is 1340. The van der Waals surface area contributed by atoms with Crippen molar-refractivity contribution in [3.8, 4) is 0 Å². The fourth-order valence-corrected chi connectivity index (χ4v) is 5.25. The molecule has 0 aliphatic rings. The first kappa shape index (κ1) is 29.1. The summed E-state index contributed by atoms with van der Waals surface area (Å²) >= 11 is 6.02. The third-order valence-electron chi connectivity index (χ3n) is 6.16. The van der Waals surface area contributed by atoms with Crippen LogP contribution in [0.4, 0.5) is 10.1 Å². The summed E-state index contributed by atoms with van der Waals surface area (Å²) in [4.78, 5) is 28.1. The minimum atomic E-state index is -4.15. The first-order valence-electron chi connectivity index (χ1n) is 12.2. The summed E-state index contributed by atoms with van der Waals surface area (Å²) < 4.78 is 41.8. The van der Waals surface area contributed by atoms with Crippen LogP contribution in [0.1, 0.15) is 32.8 Å². The number of sulfonamides is 1. The summed E-state index contributed by atoms with van der Waals surface area (Å²) in [5.74, 6) is -1.41. The van der Waals surface area contributed by atoms with Crippen molar-refractivity contribution in [3.05, 3.63) is 95.3 Å². The van der Waals surface area contributed by atoms with Crippen LogP contribution in [0.5, 0.6) is 0 Å². The molecule has 3 aromatic carbocycles. The number of benzene rings is 3. The van der Waals surface area contributed by atoms with Gasteiger partial charge in [0.15, 0.2) is 0 Å². The maximum atomic E-state index is 13.8. The second-order valence-corrected chi connectivity index (χ2v) is 11.2. The Morgan fingerprint density at radius 3 is 2.13 bits per heavy atom. The first-order valence-corrected chi connectivity index (χ1v) is 14.0. The van der Waals surface area contributed by atoms with Gasteiger partial charge in [0.05, 0.1) is 10.6 Å². The van der Waals surface area contributed by atoms with Gasteiger partial charge in [-0.2, -0.15) is 0 Å². The molecule has 0 heterocycles. The zero-order valence-corrected chi connectivity index (χ0v) is 23.0. The number of rotatable bonds is 11. The van der Waals surface area contributed by atoms with E-state index in [1.54, 1.807) is 25.1 Å². The van der Waals surface area contributed by atoms with Crippen LogP contribution in [0.3, 0.4) is 0 Å². The van der Waals surface area contributed by atoms with Crippen LogP contribution in [0.25, 0.3) is 0 Å². The number of amides is 2. The van der Waals surface area contributed by atoms with Crippen molar-refractivity contribution in [2.24, 2.45) is 0 Å². The predicted molar refractivity (Wildman–Crippen MR) is 147 cm³/mol. The lowest BCUT2D eigenvalue weighted by atomic mass is 10.1. The van der Waals surface area contributed by atoms with Gasteiger partial charge in [-0.05, 0) is 74.4 Å². The van der Waals surface area contributed by atoms with E-state index in [2.05, 4.69) is 5.32 Å². The number of nitrogens with zero attached hydrogens (tertiary/aromatic N) is 2. The molecular formula is C28H31ClFN3O4S. The van der Waals surface area contributed by atoms with Crippen molar-refractivity contribution in [2.45, 2.75) is 50.7 Å². The molecule has 2 amide bonds. The predicted octanol–water partition coefficient (Wildman–Crippen LogP) is 5.01. The largest absolute Gasteiger partial charge is 0.352 e. The van der Waals surface area contributed by atoms with Gasteiger partial charge >= 0.3 is 0 Å². The Kier molecular flexibility index (Phi) is 9.88. The number of halogens is 2. The lowest BCUT2D eigenvalue weighted by Crippen LogP contribution is -2.52. The highest BCUT2D eigenvalue weighted by molar-refractivity contribution is 7.92. The van der Waals surface area contributed by atoms with Gasteiger partial charge < -0.3 is 10.2 Å². The smallest absolute Gasteiger partial charge is 0.264 e. The summed E-state index contributed by atoms with van der Waals surface area (Å²) in [6, 6.07) is 18.4. The molecule has 0 saturated carbocycles. The molecule has 0 aliphatic carbocycles. The Hall–Kier alpha value is -3.43. The Morgan fingerprint density at radius 2 is 1.55 bits per heavy atom. The highest BCUT2D eigenvalue weighted by Crippen LogP contribution is 2.26. The zero-order chi connectivity index (χ0) is 27.9. The minimum Gasteiger partial charge on any atom is -0.352 e. The second kappa shape index (κ2) is 12.9. The molecule has 0 fully saturated rings. The lowest BCUT2D eigenvalue weighted by molar-refractivity contribution is -0.139. The van der Waals surface area contributed by atoms with Gasteiger partial charge in [0.2, 0.25) is 11.8 Å². The molecule has 3 rings (SSSR count). The van der Waals surface area contributed by atoms with Crippen molar-refractivity contribution in [1.29, 1.82) is 0 Å². The van der Waals surface area contributed by atoms with E-state index < -0.39 is 34.3 Å². The molecule has 3 aromatic rings. The molecule has 0 aromatic heterocycles. The Labute approximate surface area is 228 Å². The molecule has 0 saturated heterocycles. The zero-order valence-electron chi connectivity index (χ0n) is 21.5. The third-order valence-corrected chi connectivity index (χ3v) is 8.20. The second-order valence-electron chi connectivity index (χ2n) is 8.94. The normalized spacial score (nSPS) is 12.9. The van der Waals surface area contributed by atoms with E-state index in [1.165, 1.54) is 65.6 Å². The van der Waals surface area contributed by atoms with E-state index in [4.69, 9.17) is 11.6 Å². The average molecular weight is 560 g/mol. The van der Waals surface area contributed by atoms with E-state index in [0.717, 1.165) is 4.31 Å². The van der Waals surface area contributed by atoms with Crippen LogP contribution in [0.2, 0.25) is 5.02 Å². The summed E-state index contributed by atoms with van der Waals surface area (Å²) in [6.45, 7) is 4.77. The molecule has 0 spiro atoms. The van der Waals surface area contributed by atoms with Crippen LogP contribution < -0.4 is 9.62 Å². The standard InChI is InChI=1S/C28H31ClFN3O4S/c1-4-20(2)31-28(35)21(3)32(18-22-10-14-24(30)15-11-22)27(34)19-33(25-16-12-23(29)13-17-25)38(36,37)26-8-6-5-7-9-26/h5-17,20-21H,4,18-19H2,1-3H3,(H,31,35)/t20-,21-/m0/s1. The van der Waals surface area contributed by atoms with Crippen LogP contribution in [-0.2, 0) is 26.2 Å². The van der Waals surface area contributed by atoms with Gasteiger partial charge in [-0.15, -0.1) is 0 Å². The topological polar surface area (TPSA) is 86.8 Å². The van der Waals surface area contributed by atoms with Gasteiger partial charge in [0.1, 0.15) is 18.4 Å². The molecule has 0 unspecified atom stereocenters. The number of hydrogen-bond acceptors (Lipinski definition) is 4. The Morgan fingerprint density at radius 1 is 0.947 bits per heavy atom. The number of carbonyl (C=O) groups excluding carboxylic acids is 2. The molecule has 0 radical (unpaired) electrons. The number of nitrogens with one attached hydrogen (secondary N) is 1. The average Bonchev–Trinajstić information content (AvgIpc) is 2.91. The van der Waals surface area contributed by atoms with Gasteiger partial charge in [0, 0.05) is 17.6 Å². The van der Waals surface area contributed by atoms with Gasteiger partial charge in [-0.25, -0.2) is 12.8 Å². The van der Waals surface area contributed by atoms with Crippen molar-refractivity contribution < 1.29 is 22.4 Å². The van der Waals surface area contributed by atoms with Crippen LogP contribution in [-0.4, -0.2) is 43.8 Å². The van der Waals surface area contributed by atoms with Crippen LogP contribution in [0, 0.1) is 5.82 Å². The van der Waals surface area contributed by atoms with Crippen molar-refractivity contribution >= 4 is 39.1 Å². The fourth-order valence-electron chi connectivity index (χ4n) is 3.69. The number of carbonyl (C=O) groups is 2.